The smallest absolute Gasteiger partial charge is 0.251 e. The standard InChI is InChI=1S/C28H24N2O2S/c1-19-6-9-25(16-27(19)33-2)28(32)30-17-26-15-24(12-13-29-26)23-5-3-4-22(14-23)21-10-7-20(18-31)8-11-21/h3-16,18H,17H2,1-2H3,(H,30,32). The van der Waals surface area contributed by atoms with E-state index >= 15 is 0 Å². The number of carbonyl (C=O) groups is 2. The first-order valence-electron chi connectivity index (χ1n) is 10.6. The number of pyridine rings is 1. The number of carbonyl (C=O) groups excluding carboxylic acids is 2. The quantitative estimate of drug-likeness (QED) is 0.268. The molecule has 33 heavy (non-hydrogen) atoms. The van der Waals surface area contributed by atoms with Crippen molar-refractivity contribution in [1.82, 2.24) is 10.3 Å². The summed E-state index contributed by atoms with van der Waals surface area (Å²) < 4.78 is 0. The highest BCUT2D eigenvalue weighted by Crippen LogP contribution is 2.27. The maximum absolute atomic E-state index is 12.6. The summed E-state index contributed by atoms with van der Waals surface area (Å²) in [6.07, 6.45) is 4.62. The van der Waals surface area contributed by atoms with Crippen molar-refractivity contribution in [1.29, 1.82) is 0 Å². The summed E-state index contributed by atoms with van der Waals surface area (Å²) in [4.78, 5) is 29.1. The van der Waals surface area contributed by atoms with E-state index in [1.807, 2.05) is 79.9 Å². The number of hydrogen-bond acceptors (Lipinski definition) is 4. The van der Waals surface area contributed by atoms with Gasteiger partial charge >= 0.3 is 0 Å². The minimum Gasteiger partial charge on any atom is -0.346 e. The molecule has 0 aliphatic carbocycles. The lowest BCUT2D eigenvalue weighted by atomic mass is 9.98. The van der Waals surface area contributed by atoms with Crippen molar-refractivity contribution in [3.63, 3.8) is 0 Å². The Morgan fingerprint density at radius 2 is 1.64 bits per heavy atom. The van der Waals surface area contributed by atoms with Crippen molar-refractivity contribution < 1.29 is 9.59 Å². The molecule has 1 heterocycles. The number of nitrogens with one attached hydrogen (secondary N) is 1. The summed E-state index contributed by atoms with van der Waals surface area (Å²) in [5, 5.41) is 2.97. The minimum absolute atomic E-state index is 0.113. The number of rotatable bonds is 7. The van der Waals surface area contributed by atoms with Gasteiger partial charge in [0.15, 0.2) is 0 Å². The number of aromatic nitrogens is 1. The third kappa shape index (κ3) is 5.38. The molecule has 1 N–H and O–H groups in total. The van der Waals surface area contributed by atoms with Crippen molar-refractivity contribution in [3.8, 4) is 22.3 Å². The van der Waals surface area contributed by atoms with E-state index < -0.39 is 0 Å². The van der Waals surface area contributed by atoms with E-state index in [9.17, 15) is 9.59 Å². The molecule has 5 heteroatoms. The zero-order valence-electron chi connectivity index (χ0n) is 18.5. The Morgan fingerprint density at radius 3 is 2.36 bits per heavy atom. The van der Waals surface area contributed by atoms with Crippen molar-refractivity contribution >= 4 is 24.0 Å². The van der Waals surface area contributed by atoms with E-state index in [1.54, 1.807) is 18.0 Å². The van der Waals surface area contributed by atoms with Crippen LogP contribution in [0.2, 0.25) is 0 Å². The Bertz CT molecular complexity index is 1300. The molecule has 164 valence electrons. The van der Waals surface area contributed by atoms with Crippen LogP contribution in [-0.4, -0.2) is 23.4 Å². The zero-order chi connectivity index (χ0) is 23.2. The second-order valence-corrected chi connectivity index (χ2v) is 8.57. The maximum Gasteiger partial charge on any atom is 0.251 e. The highest BCUT2D eigenvalue weighted by Gasteiger charge is 2.09. The summed E-state index contributed by atoms with van der Waals surface area (Å²) >= 11 is 1.63. The van der Waals surface area contributed by atoms with Gasteiger partial charge in [-0.1, -0.05) is 48.5 Å². The van der Waals surface area contributed by atoms with Crippen molar-refractivity contribution in [3.05, 3.63) is 107 Å². The van der Waals surface area contributed by atoms with Crippen LogP contribution in [0.25, 0.3) is 22.3 Å². The molecule has 4 nitrogen and oxygen atoms in total. The molecule has 4 aromatic rings. The average Bonchev–Trinajstić information content (AvgIpc) is 2.88. The predicted octanol–water partition coefficient (Wildman–Crippen LogP) is 6.19. The van der Waals surface area contributed by atoms with E-state index in [0.29, 0.717) is 17.7 Å². The second-order valence-electron chi connectivity index (χ2n) is 7.72. The predicted molar refractivity (Wildman–Crippen MR) is 135 cm³/mol. The Morgan fingerprint density at radius 1 is 0.909 bits per heavy atom. The van der Waals surface area contributed by atoms with Gasteiger partial charge < -0.3 is 5.32 Å². The molecule has 0 spiro atoms. The van der Waals surface area contributed by atoms with Crippen LogP contribution in [-0.2, 0) is 6.54 Å². The lowest BCUT2D eigenvalue weighted by molar-refractivity contribution is 0.0950. The van der Waals surface area contributed by atoms with Crippen LogP contribution in [0.5, 0.6) is 0 Å². The van der Waals surface area contributed by atoms with Gasteiger partial charge in [-0.05, 0) is 71.3 Å². The molecule has 0 saturated heterocycles. The van der Waals surface area contributed by atoms with Gasteiger partial charge in [0.2, 0.25) is 0 Å². The highest BCUT2D eigenvalue weighted by atomic mass is 32.2. The number of benzene rings is 3. The molecule has 3 aromatic carbocycles. The van der Waals surface area contributed by atoms with Gasteiger partial charge in [0.05, 0.1) is 12.2 Å². The van der Waals surface area contributed by atoms with Gasteiger partial charge in [0.25, 0.3) is 5.91 Å². The van der Waals surface area contributed by atoms with Crippen LogP contribution in [0, 0.1) is 6.92 Å². The van der Waals surface area contributed by atoms with E-state index in [0.717, 1.165) is 44.7 Å². The van der Waals surface area contributed by atoms with Crippen LogP contribution >= 0.6 is 11.8 Å². The molecule has 0 aliphatic heterocycles. The van der Waals surface area contributed by atoms with E-state index in [-0.39, 0.29) is 5.91 Å². The lowest BCUT2D eigenvalue weighted by Crippen LogP contribution is -2.23. The summed E-state index contributed by atoms with van der Waals surface area (Å²) in [5.74, 6) is -0.113. The molecule has 0 unspecified atom stereocenters. The zero-order valence-corrected chi connectivity index (χ0v) is 19.4. The third-order valence-electron chi connectivity index (χ3n) is 5.49. The number of amides is 1. The summed E-state index contributed by atoms with van der Waals surface area (Å²) in [7, 11) is 0. The molecule has 0 atom stereocenters. The first-order chi connectivity index (χ1) is 16.1. The largest absolute Gasteiger partial charge is 0.346 e. The van der Waals surface area contributed by atoms with Crippen LogP contribution in [0.4, 0.5) is 0 Å². The number of thioether (sulfide) groups is 1. The summed E-state index contributed by atoms with van der Waals surface area (Å²) in [6, 6.07) is 25.5. The van der Waals surface area contributed by atoms with E-state index in [2.05, 4.69) is 22.4 Å². The first-order valence-corrected chi connectivity index (χ1v) is 11.8. The fraction of sp³-hybridized carbons (Fsp3) is 0.107. The Kier molecular flexibility index (Phi) is 7.01. The molecular weight excluding hydrogens is 428 g/mol. The SMILES string of the molecule is CSc1cc(C(=O)NCc2cc(-c3cccc(-c4ccc(C=O)cc4)c3)ccn2)ccc1C. The summed E-state index contributed by atoms with van der Waals surface area (Å²) in [6.45, 7) is 2.39. The summed E-state index contributed by atoms with van der Waals surface area (Å²) in [5.41, 5.74) is 7.47. The van der Waals surface area contributed by atoms with Crippen LogP contribution in [0.1, 0.15) is 32.0 Å². The van der Waals surface area contributed by atoms with Crippen molar-refractivity contribution in [2.45, 2.75) is 18.4 Å². The monoisotopic (exact) mass is 452 g/mol. The molecule has 0 radical (unpaired) electrons. The van der Waals surface area contributed by atoms with Gasteiger partial charge in [-0.15, -0.1) is 11.8 Å². The molecule has 4 rings (SSSR count). The van der Waals surface area contributed by atoms with Crippen molar-refractivity contribution in [2.24, 2.45) is 0 Å². The molecule has 0 bridgehead atoms. The van der Waals surface area contributed by atoms with Gasteiger partial charge in [-0.25, -0.2) is 0 Å². The Labute approximate surface area is 198 Å². The molecule has 0 fully saturated rings. The van der Waals surface area contributed by atoms with Gasteiger partial charge in [-0.2, -0.15) is 0 Å². The molecule has 0 aliphatic rings. The highest BCUT2D eigenvalue weighted by molar-refractivity contribution is 7.98. The average molecular weight is 453 g/mol. The Hall–Kier alpha value is -3.70. The fourth-order valence-corrected chi connectivity index (χ4v) is 4.26. The van der Waals surface area contributed by atoms with E-state index in [1.165, 1.54) is 0 Å². The molecule has 1 aromatic heterocycles. The van der Waals surface area contributed by atoms with Gasteiger partial charge in [0, 0.05) is 22.2 Å². The minimum atomic E-state index is -0.113. The van der Waals surface area contributed by atoms with Crippen LogP contribution < -0.4 is 5.32 Å². The van der Waals surface area contributed by atoms with E-state index in [4.69, 9.17) is 0 Å². The normalized spacial score (nSPS) is 10.6. The number of hydrogen-bond donors (Lipinski definition) is 1. The molecular formula is C28H24N2O2S. The lowest BCUT2D eigenvalue weighted by Gasteiger charge is -2.10. The van der Waals surface area contributed by atoms with Crippen molar-refractivity contribution in [2.75, 3.05) is 6.26 Å². The van der Waals surface area contributed by atoms with Crippen LogP contribution in [0.15, 0.2) is 90.0 Å². The molecule has 1 amide bonds. The fourth-order valence-electron chi connectivity index (χ4n) is 3.62. The topological polar surface area (TPSA) is 59.1 Å². The van der Waals surface area contributed by atoms with Crippen LogP contribution in [0.3, 0.4) is 0 Å². The maximum atomic E-state index is 12.6. The first kappa shape index (κ1) is 22.5. The number of aldehydes is 1. The van der Waals surface area contributed by atoms with Gasteiger partial charge in [0.1, 0.15) is 6.29 Å². The number of aryl methyl sites for hydroxylation is 1. The third-order valence-corrected chi connectivity index (χ3v) is 6.37. The molecule has 0 saturated carbocycles. The Balaban J connectivity index is 1.50. The number of nitrogens with zero attached hydrogens (tertiary/aromatic N) is 1. The second kappa shape index (κ2) is 10.3. The van der Waals surface area contributed by atoms with Gasteiger partial charge in [-0.3, -0.25) is 14.6 Å².